The molecule has 1 rings (SSSR count). The molecule has 0 N–H and O–H groups in total. The number of halogens is 1. The fraction of sp³-hybridized carbons (Fsp3) is 0.250. The Morgan fingerprint density at radius 1 is 1.27 bits per heavy atom. The number of benzene rings is 1. The molecule has 0 aromatic heterocycles. The number of rotatable bonds is 4. The summed E-state index contributed by atoms with van der Waals surface area (Å²) in [6.07, 6.45) is 0.360. The Hall–Kier alpha value is 0.380. The fourth-order valence-electron chi connectivity index (χ4n) is 0.913. The molecule has 0 bridgehead atoms. The first-order chi connectivity index (χ1) is 6.47. The van der Waals surface area contributed by atoms with Crippen LogP contribution < -0.4 is 29.6 Å². The van der Waals surface area contributed by atoms with Crippen molar-refractivity contribution in [2.75, 3.05) is 6.61 Å². The largest absolute Gasteiger partial charge is 1.00 e. The van der Waals surface area contributed by atoms with E-state index in [9.17, 15) is 13.0 Å². The Kier molecular flexibility index (Phi) is 7.03. The van der Waals surface area contributed by atoms with Gasteiger partial charge in [-0.2, -0.15) is 0 Å². The van der Waals surface area contributed by atoms with Gasteiger partial charge in [0.2, 0.25) is 10.4 Å². The van der Waals surface area contributed by atoms with Gasteiger partial charge in [-0.05, 0) is 24.1 Å². The molecule has 4 nitrogen and oxygen atoms in total. The van der Waals surface area contributed by atoms with Crippen LogP contribution >= 0.6 is 11.6 Å². The van der Waals surface area contributed by atoms with Crippen molar-refractivity contribution < 1.29 is 46.7 Å². The van der Waals surface area contributed by atoms with Gasteiger partial charge in [-0.15, -0.1) is 0 Å². The van der Waals surface area contributed by atoms with Gasteiger partial charge in [0.15, 0.2) is 0 Å². The summed E-state index contributed by atoms with van der Waals surface area (Å²) in [6.45, 7) is -0.145. The Bertz CT molecular complexity index is 390. The summed E-state index contributed by atoms with van der Waals surface area (Å²) in [5.74, 6) is 0. The molecule has 0 saturated heterocycles. The summed E-state index contributed by atoms with van der Waals surface area (Å²) < 4.78 is 34.3. The monoisotopic (exact) mass is 258 g/mol. The molecule has 78 valence electrons. The first kappa shape index (κ1) is 15.4. The third-order valence-electron chi connectivity index (χ3n) is 1.53. The quantitative estimate of drug-likeness (QED) is 0.369. The molecule has 0 fully saturated rings. The van der Waals surface area contributed by atoms with E-state index in [1.807, 2.05) is 0 Å². The summed E-state index contributed by atoms with van der Waals surface area (Å²) in [4.78, 5) is 0. The van der Waals surface area contributed by atoms with Crippen molar-refractivity contribution in [2.45, 2.75) is 6.42 Å². The van der Waals surface area contributed by atoms with Gasteiger partial charge in [-0.25, -0.2) is 8.42 Å². The van der Waals surface area contributed by atoms with E-state index in [1.165, 1.54) is 0 Å². The van der Waals surface area contributed by atoms with Crippen molar-refractivity contribution in [1.82, 2.24) is 0 Å². The summed E-state index contributed by atoms with van der Waals surface area (Å²) in [5, 5.41) is 0.603. The van der Waals surface area contributed by atoms with E-state index in [2.05, 4.69) is 4.18 Å². The van der Waals surface area contributed by atoms with Crippen molar-refractivity contribution in [3.05, 3.63) is 34.9 Å². The van der Waals surface area contributed by atoms with Gasteiger partial charge in [0.1, 0.15) is 0 Å². The maximum atomic E-state index is 10.1. The van der Waals surface area contributed by atoms with E-state index < -0.39 is 10.4 Å². The second-order valence-corrected chi connectivity index (χ2v) is 4.10. The minimum Gasteiger partial charge on any atom is -0.726 e. The van der Waals surface area contributed by atoms with Gasteiger partial charge < -0.3 is 4.55 Å². The van der Waals surface area contributed by atoms with Crippen LogP contribution in [0.15, 0.2) is 24.3 Å². The second-order valence-electron chi connectivity index (χ2n) is 2.61. The molecule has 0 atom stereocenters. The molecule has 0 amide bonds. The topological polar surface area (TPSA) is 66.4 Å². The van der Waals surface area contributed by atoms with E-state index in [4.69, 9.17) is 11.6 Å². The van der Waals surface area contributed by atoms with E-state index in [0.717, 1.165) is 5.56 Å². The summed E-state index contributed by atoms with van der Waals surface area (Å²) in [7, 11) is -4.58. The molecular formula is C8H8ClNaO4S. The molecule has 0 aliphatic carbocycles. The molecule has 1 aromatic carbocycles. The molecule has 0 saturated carbocycles. The van der Waals surface area contributed by atoms with Gasteiger partial charge in [0, 0.05) is 5.02 Å². The number of hydrogen-bond acceptors (Lipinski definition) is 4. The van der Waals surface area contributed by atoms with Gasteiger partial charge in [-0.3, -0.25) is 4.18 Å². The van der Waals surface area contributed by atoms with Gasteiger partial charge in [0.25, 0.3) is 0 Å². The maximum Gasteiger partial charge on any atom is 1.00 e. The van der Waals surface area contributed by atoms with Crippen LogP contribution in [0.3, 0.4) is 0 Å². The zero-order chi connectivity index (χ0) is 10.6. The Balaban J connectivity index is 0.00000196. The van der Waals surface area contributed by atoms with Crippen LogP contribution in [-0.4, -0.2) is 19.6 Å². The molecule has 0 spiro atoms. The SMILES string of the molecule is O=S(=O)([O-])OCCc1ccc(Cl)cc1.[Na+]. The smallest absolute Gasteiger partial charge is 0.726 e. The Morgan fingerprint density at radius 3 is 2.27 bits per heavy atom. The van der Waals surface area contributed by atoms with Crippen molar-refractivity contribution in [3.8, 4) is 0 Å². The normalized spacial score (nSPS) is 10.8. The van der Waals surface area contributed by atoms with Crippen LogP contribution in [0.25, 0.3) is 0 Å². The van der Waals surface area contributed by atoms with Gasteiger partial charge in [0.05, 0.1) is 6.61 Å². The third kappa shape index (κ3) is 7.30. The minimum atomic E-state index is -4.58. The van der Waals surface area contributed by atoms with Crippen LogP contribution in [0.5, 0.6) is 0 Å². The standard InChI is InChI=1S/C8H9ClO4S.Na/c9-8-3-1-7(2-4-8)5-6-13-14(10,11)12;/h1-4H,5-6H2,(H,10,11,12);/q;+1/p-1. The van der Waals surface area contributed by atoms with Crippen LogP contribution in [-0.2, 0) is 21.0 Å². The van der Waals surface area contributed by atoms with Crippen LogP contribution in [0.1, 0.15) is 5.56 Å². The van der Waals surface area contributed by atoms with E-state index in [-0.39, 0.29) is 36.2 Å². The molecule has 7 heteroatoms. The second kappa shape index (κ2) is 6.85. The zero-order valence-electron chi connectivity index (χ0n) is 8.14. The summed E-state index contributed by atoms with van der Waals surface area (Å²) in [6, 6.07) is 6.84. The molecule has 15 heavy (non-hydrogen) atoms. The molecular weight excluding hydrogens is 251 g/mol. The zero-order valence-corrected chi connectivity index (χ0v) is 11.7. The van der Waals surface area contributed by atoms with Crippen molar-refractivity contribution in [2.24, 2.45) is 0 Å². The first-order valence-electron chi connectivity index (χ1n) is 3.82. The van der Waals surface area contributed by atoms with Crippen LogP contribution in [0.4, 0.5) is 0 Å². The Morgan fingerprint density at radius 2 is 1.80 bits per heavy atom. The molecule has 0 aliphatic heterocycles. The first-order valence-corrected chi connectivity index (χ1v) is 5.53. The summed E-state index contributed by atoms with van der Waals surface area (Å²) >= 11 is 5.64. The van der Waals surface area contributed by atoms with E-state index in [0.29, 0.717) is 11.4 Å². The molecule has 0 heterocycles. The predicted octanol–water partition coefficient (Wildman–Crippen LogP) is -1.64. The molecule has 1 aromatic rings. The van der Waals surface area contributed by atoms with Crippen LogP contribution in [0.2, 0.25) is 5.02 Å². The predicted molar refractivity (Wildman–Crippen MR) is 50.8 cm³/mol. The Labute approximate surface area is 116 Å². The third-order valence-corrected chi connectivity index (χ3v) is 2.24. The average molecular weight is 259 g/mol. The van der Waals surface area contributed by atoms with Gasteiger partial charge >= 0.3 is 29.6 Å². The van der Waals surface area contributed by atoms with Crippen molar-refractivity contribution >= 4 is 22.0 Å². The van der Waals surface area contributed by atoms with Crippen LogP contribution in [0, 0.1) is 0 Å². The van der Waals surface area contributed by atoms with Crippen molar-refractivity contribution in [3.63, 3.8) is 0 Å². The van der Waals surface area contributed by atoms with Crippen molar-refractivity contribution in [1.29, 1.82) is 0 Å². The van der Waals surface area contributed by atoms with E-state index >= 15 is 0 Å². The summed E-state index contributed by atoms with van der Waals surface area (Å²) in [5.41, 5.74) is 0.859. The maximum absolute atomic E-state index is 10.1. The van der Waals surface area contributed by atoms with Gasteiger partial charge in [-0.1, -0.05) is 23.7 Å². The molecule has 0 unspecified atom stereocenters. The average Bonchev–Trinajstić information content (AvgIpc) is 2.06. The number of hydrogen-bond donors (Lipinski definition) is 0. The molecule has 0 radical (unpaired) electrons. The molecule has 0 aliphatic rings. The fourth-order valence-corrected chi connectivity index (χ4v) is 1.33. The van der Waals surface area contributed by atoms with E-state index in [1.54, 1.807) is 24.3 Å². The minimum absolute atomic E-state index is 0.